The number of carbonyl (C=O) groups excluding carboxylic acids is 2. The summed E-state index contributed by atoms with van der Waals surface area (Å²) < 4.78 is 4.96. The predicted molar refractivity (Wildman–Crippen MR) is 75.9 cm³/mol. The van der Waals surface area contributed by atoms with E-state index in [1.165, 1.54) is 6.92 Å². The van der Waals surface area contributed by atoms with Gasteiger partial charge in [0.05, 0.1) is 16.9 Å². The van der Waals surface area contributed by atoms with Gasteiger partial charge in [0.2, 0.25) is 5.91 Å². The van der Waals surface area contributed by atoms with E-state index in [-0.39, 0.29) is 11.9 Å². The van der Waals surface area contributed by atoms with Crippen LogP contribution in [0.5, 0.6) is 0 Å². The molecule has 0 bridgehead atoms. The van der Waals surface area contributed by atoms with Gasteiger partial charge in [-0.05, 0) is 38.0 Å². The van der Waals surface area contributed by atoms with Crippen LogP contribution in [0.3, 0.4) is 0 Å². The minimum Gasteiger partial charge on any atom is -0.444 e. The number of ether oxygens (including phenoxy) is 1. The fourth-order valence-electron chi connectivity index (χ4n) is 2.81. The largest absolute Gasteiger partial charge is 0.444 e. The van der Waals surface area contributed by atoms with Gasteiger partial charge in [-0.1, -0.05) is 0 Å². The van der Waals surface area contributed by atoms with Gasteiger partial charge in [-0.25, -0.2) is 4.79 Å². The second-order valence-corrected chi connectivity index (χ2v) is 5.25. The number of carbonyl (C=O) groups is 2. The zero-order valence-corrected chi connectivity index (χ0v) is 11.6. The first-order chi connectivity index (χ1) is 10.1. The van der Waals surface area contributed by atoms with E-state index in [4.69, 9.17) is 10.00 Å². The monoisotopic (exact) mass is 285 g/mol. The zero-order valence-electron chi connectivity index (χ0n) is 11.6. The lowest BCUT2D eigenvalue weighted by molar-refractivity contribution is -0.117. The molecule has 0 aromatic heterocycles. The van der Waals surface area contributed by atoms with Crippen LogP contribution >= 0.6 is 0 Å². The average Bonchev–Trinajstić information content (AvgIpc) is 2.96. The number of rotatable bonds is 2. The lowest BCUT2D eigenvalue weighted by Crippen LogP contribution is -2.43. The molecule has 0 saturated carbocycles. The van der Waals surface area contributed by atoms with Crippen molar-refractivity contribution in [3.8, 4) is 6.07 Å². The van der Waals surface area contributed by atoms with Crippen molar-refractivity contribution >= 4 is 23.3 Å². The summed E-state index contributed by atoms with van der Waals surface area (Å²) in [5, 5.41) is 11.5. The first kappa shape index (κ1) is 13.4. The van der Waals surface area contributed by atoms with Gasteiger partial charge in [-0.15, -0.1) is 0 Å². The number of hydrogen-bond acceptors (Lipinski definition) is 5. The Balaban J connectivity index is 1.89. The molecule has 0 spiro atoms. The Kier molecular flexibility index (Phi) is 3.26. The van der Waals surface area contributed by atoms with Gasteiger partial charge in [-0.3, -0.25) is 4.79 Å². The summed E-state index contributed by atoms with van der Waals surface area (Å²) in [7, 11) is 0. The molecular weight excluding hydrogens is 270 g/mol. The Morgan fingerprint density at radius 3 is 3.14 bits per heavy atom. The van der Waals surface area contributed by atoms with Crippen molar-refractivity contribution in [3.05, 3.63) is 23.8 Å². The molecule has 1 aromatic carbocycles. The summed E-state index contributed by atoms with van der Waals surface area (Å²) in [5.74, 6) is -0.597. The molecule has 6 heteroatoms. The number of hydrogen-bond donors (Lipinski definition) is 1. The Morgan fingerprint density at radius 1 is 1.57 bits per heavy atom. The molecule has 1 N–H and O–H groups in total. The number of nitrogens with one attached hydrogen (secondary N) is 1. The molecule has 1 aromatic rings. The second-order valence-electron chi connectivity index (χ2n) is 5.25. The van der Waals surface area contributed by atoms with Gasteiger partial charge in [0.1, 0.15) is 12.1 Å². The van der Waals surface area contributed by atoms with Gasteiger partial charge in [0.25, 0.3) is 0 Å². The van der Waals surface area contributed by atoms with Gasteiger partial charge in [0.15, 0.2) is 6.10 Å². The van der Waals surface area contributed by atoms with Gasteiger partial charge >= 0.3 is 5.97 Å². The van der Waals surface area contributed by atoms with Crippen LogP contribution in [0.4, 0.5) is 11.4 Å². The molecule has 1 saturated heterocycles. The Morgan fingerprint density at radius 2 is 2.38 bits per heavy atom. The molecule has 2 aliphatic rings. The first-order valence-electron chi connectivity index (χ1n) is 6.92. The van der Waals surface area contributed by atoms with Crippen molar-refractivity contribution < 1.29 is 14.3 Å². The van der Waals surface area contributed by atoms with E-state index in [1.54, 1.807) is 12.1 Å². The number of benzene rings is 1. The molecule has 1 fully saturated rings. The van der Waals surface area contributed by atoms with Gasteiger partial charge in [-0.2, -0.15) is 5.26 Å². The smallest absolute Gasteiger partial charge is 0.339 e. The van der Waals surface area contributed by atoms with Crippen LogP contribution < -0.4 is 10.2 Å². The van der Waals surface area contributed by atoms with Gasteiger partial charge < -0.3 is 15.0 Å². The summed E-state index contributed by atoms with van der Waals surface area (Å²) in [6.45, 7) is 2.35. The number of anilines is 2. The Bertz CT molecular complexity index is 650. The third kappa shape index (κ3) is 2.31. The van der Waals surface area contributed by atoms with Crippen molar-refractivity contribution in [2.75, 3.05) is 16.8 Å². The van der Waals surface area contributed by atoms with E-state index in [0.717, 1.165) is 25.1 Å². The molecule has 0 unspecified atom stereocenters. The maximum Gasteiger partial charge on any atom is 0.339 e. The van der Waals surface area contributed by atoms with Crippen LogP contribution in [-0.2, 0) is 9.53 Å². The van der Waals surface area contributed by atoms with E-state index in [9.17, 15) is 9.59 Å². The lowest BCUT2D eigenvalue weighted by atomic mass is 10.1. The Hall–Kier alpha value is -2.55. The standard InChI is InChI=1S/C15H15N3O3/c1-9(8-16)21-15(20)10-4-5-12-11(7-10)17-14(19)13-3-2-6-18(12)13/h4-5,7,9,13H,2-3,6H2,1H3,(H,17,19)/t9-,13+/m0/s1. The minimum absolute atomic E-state index is 0.0316. The molecule has 0 aliphatic carbocycles. The summed E-state index contributed by atoms with van der Waals surface area (Å²) in [5.41, 5.74) is 1.88. The fraction of sp³-hybridized carbons (Fsp3) is 0.400. The van der Waals surface area contributed by atoms with E-state index < -0.39 is 12.1 Å². The summed E-state index contributed by atoms with van der Waals surface area (Å²) in [6, 6.07) is 6.83. The van der Waals surface area contributed by atoms with Crippen molar-refractivity contribution in [3.63, 3.8) is 0 Å². The van der Waals surface area contributed by atoms with Crippen molar-refractivity contribution in [1.29, 1.82) is 5.26 Å². The van der Waals surface area contributed by atoms with E-state index in [1.807, 2.05) is 12.1 Å². The number of fused-ring (bicyclic) bond motifs is 3. The molecule has 21 heavy (non-hydrogen) atoms. The minimum atomic E-state index is -0.800. The maximum atomic E-state index is 12.0. The van der Waals surface area contributed by atoms with E-state index in [0.29, 0.717) is 11.3 Å². The van der Waals surface area contributed by atoms with Crippen LogP contribution in [-0.4, -0.2) is 30.6 Å². The first-order valence-corrected chi connectivity index (χ1v) is 6.92. The van der Waals surface area contributed by atoms with E-state index >= 15 is 0 Å². The van der Waals surface area contributed by atoms with E-state index in [2.05, 4.69) is 10.2 Å². The van der Waals surface area contributed by atoms with Crippen LogP contribution in [0.2, 0.25) is 0 Å². The third-order valence-corrected chi connectivity index (χ3v) is 3.82. The number of esters is 1. The summed E-state index contributed by atoms with van der Waals surface area (Å²) >= 11 is 0. The molecule has 0 radical (unpaired) electrons. The Labute approximate surface area is 122 Å². The predicted octanol–water partition coefficient (Wildman–Crippen LogP) is 1.68. The SMILES string of the molecule is C[C@@H](C#N)OC(=O)c1ccc2c(c1)NC(=O)[C@H]1CCCN21. The highest BCUT2D eigenvalue weighted by atomic mass is 16.5. The molecule has 3 rings (SSSR count). The average molecular weight is 285 g/mol. The molecule has 2 atom stereocenters. The highest BCUT2D eigenvalue weighted by Gasteiger charge is 2.36. The zero-order chi connectivity index (χ0) is 15.0. The third-order valence-electron chi connectivity index (χ3n) is 3.82. The number of nitrogens with zero attached hydrogens (tertiary/aromatic N) is 2. The molecule has 1 amide bonds. The summed E-state index contributed by atoms with van der Waals surface area (Å²) in [6.07, 6.45) is 1.04. The highest BCUT2D eigenvalue weighted by Crippen LogP contribution is 2.37. The second kappa shape index (κ2) is 5.09. The molecule has 2 aliphatic heterocycles. The topological polar surface area (TPSA) is 82.4 Å². The van der Waals surface area contributed by atoms with Crippen molar-refractivity contribution in [2.45, 2.75) is 31.9 Å². The van der Waals surface area contributed by atoms with Crippen molar-refractivity contribution in [1.82, 2.24) is 0 Å². The normalized spacial score (nSPS) is 20.9. The lowest BCUT2D eigenvalue weighted by Gasteiger charge is -2.33. The molecule has 2 heterocycles. The van der Waals surface area contributed by atoms with Crippen LogP contribution in [0, 0.1) is 11.3 Å². The van der Waals surface area contributed by atoms with Crippen LogP contribution in [0.15, 0.2) is 18.2 Å². The maximum absolute atomic E-state index is 12.0. The fourth-order valence-corrected chi connectivity index (χ4v) is 2.81. The molecule has 6 nitrogen and oxygen atoms in total. The van der Waals surface area contributed by atoms with Crippen LogP contribution in [0.25, 0.3) is 0 Å². The van der Waals surface area contributed by atoms with Crippen LogP contribution in [0.1, 0.15) is 30.1 Å². The highest BCUT2D eigenvalue weighted by molar-refractivity contribution is 6.05. The van der Waals surface area contributed by atoms with Gasteiger partial charge in [0, 0.05) is 6.54 Å². The summed E-state index contributed by atoms with van der Waals surface area (Å²) in [4.78, 5) is 26.0. The van der Waals surface area contributed by atoms with Crippen molar-refractivity contribution in [2.24, 2.45) is 0 Å². The molecular formula is C15H15N3O3. The quantitative estimate of drug-likeness (QED) is 0.836. The molecule has 108 valence electrons. The number of nitriles is 1. The number of amides is 1.